The van der Waals surface area contributed by atoms with Crippen LogP contribution in [0, 0.1) is 5.92 Å². The number of aromatic nitrogens is 3. The summed E-state index contributed by atoms with van der Waals surface area (Å²) in [6, 6.07) is 2.70. The van der Waals surface area contributed by atoms with Crippen LogP contribution in [0.5, 0.6) is 0 Å². The molecule has 4 nitrogen and oxygen atoms in total. The van der Waals surface area contributed by atoms with E-state index in [1.54, 1.807) is 0 Å². The van der Waals surface area contributed by atoms with Gasteiger partial charge in [0, 0.05) is 35.7 Å². The van der Waals surface area contributed by atoms with Gasteiger partial charge < -0.3 is 4.90 Å². The van der Waals surface area contributed by atoms with Crippen LogP contribution in [-0.4, -0.2) is 32.5 Å². The maximum absolute atomic E-state index is 4.72. The summed E-state index contributed by atoms with van der Waals surface area (Å²) in [5.74, 6) is 1.76. The van der Waals surface area contributed by atoms with Gasteiger partial charge in [-0.1, -0.05) is 43.6 Å². The molecule has 1 aliphatic rings. The number of hydrogen-bond donors (Lipinski definition) is 0. The highest BCUT2D eigenvalue weighted by molar-refractivity contribution is 9.09. The van der Waals surface area contributed by atoms with E-state index in [2.05, 4.69) is 59.6 Å². The van der Waals surface area contributed by atoms with E-state index in [1.807, 2.05) is 16.9 Å². The van der Waals surface area contributed by atoms with Crippen LogP contribution >= 0.6 is 15.9 Å². The standard InChI is InChI=1S/C16H23BrN4/c1-11-5-7-20(13(11)10-17)15-12-9-14(16(2,3)4)19-21(12)8-6-18-15/h6,8-9,11,13H,5,7,10H2,1-4H3. The zero-order chi connectivity index (χ0) is 15.2. The lowest BCUT2D eigenvalue weighted by molar-refractivity contribution is 0.553. The molecule has 2 unspecified atom stereocenters. The average molecular weight is 351 g/mol. The first-order chi connectivity index (χ1) is 9.91. The van der Waals surface area contributed by atoms with Gasteiger partial charge in [-0.25, -0.2) is 9.50 Å². The van der Waals surface area contributed by atoms with Crippen LogP contribution in [0.3, 0.4) is 0 Å². The fourth-order valence-electron chi connectivity index (χ4n) is 3.00. The molecule has 0 N–H and O–H groups in total. The van der Waals surface area contributed by atoms with Crippen LogP contribution in [-0.2, 0) is 5.41 Å². The molecule has 0 amide bonds. The maximum Gasteiger partial charge on any atom is 0.154 e. The van der Waals surface area contributed by atoms with Crippen LogP contribution in [0.1, 0.15) is 39.8 Å². The second kappa shape index (κ2) is 5.27. The Hall–Kier alpha value is -1.10. The Morgan fingerprint density at radius 2 is 2.14 bits per heavy atom. The van der Waals surface area contributed by atoms with Gasteiger partial charge in [-0.05, 0) is 18.4 Å². The Balaban J connectivity index is 2.09. The Kier molecular flexibility index (Phi) is 3.72. The number of anilines is 1. The third-order valence-electron chi connectivity index (χ3n) is 4.45. The van der Waals surface area contributed by atoms with E-state index >= 15 is 0 Å². The lowest BCUT2D eigenvalue weighted by Gasteiger charge is -2.26. The van der Waals surface area contributed by atoms with E-state index < -0.39 is 0 Å². The monoisotopic (exact) mass is 350 g/mol. The van der Waals surface area contributed by atoms with Gasteiger partial charge in [0.15, 0.2) is 5.82 Å². The first kappa shape index (κ1) is 14.8. The third kappa shape index (κ3) is 2.56. The molecule has 1 saturated heterocycles. The van der Waals surface area contributed by atoms with E-state index in [4.69, 9.17) is 5.10 Å². The maximum atomic E-state index is 4.72. The third-order valence-corrected chi connectivity index (χ3v) is 5.11. The molecular weight excluding hydrogens is 328 g/mol. The van der Waals surface area contributed by atoms with Gasteiger partial charge in [-0.3, -0.25) is 0 Å². The van der Waals surface area contributed by atoms with Crippen molar-refractivity contribution in [1.82, 2.24) is 14.6 Å². The van der Waals surface area contributed by atoms with Crippen LogP contribution in [0.2, 0.25) is 0 Å². The predicted octanol–water partition coefficient (Wildman–Crippen LogP) is 3.64. The van der Waals surface area contributed by atoms with Gasteiger partial charge in [0.1, 0.15) is 5.52 Å². The van der Waals surface area contributed by atoms with Gasteiger partial charge in [0.05, 0.1) is 5.69 Å². The molecule has 1 fully saturated rings. The summed E-state index contributed by atoms with van der Waals surface area (Å²) in [5.41, 5.74) is 2.28. The number of rotatable bonds is 2. The Morgan fingerprint density at radius 1 is 1.38 bits per heavy atom. The van der Waals surface area contributed by atoms with Crippen molar-refractivity contribution in [2.45, 2.75) is 45.6 Å². The highest BCUT2D eigenvalue weighted by atomic mass is 79.9. The number of nitrogens with zero attached hydrogens (tertiary/aromatic N) is 4. The Bertz CT molecular complexity index is 643. The molecule has 0 aromatic carbocycles. The first-order valence-corrected chi connectivity index (χ1v) is 8.71. The normalized spacial score (nSPS) is 23.2. The smallest absolute Gasteiger partial charge is 0.154 e. The minimum Gasteiger partial charge on any atom is -0.351 e. The van der Waals surface area contributed by atoms with Gasteiger partial charge in [0.2, 0.25) is 0 Å². The molecule has 2 aromatic heterocycles. The van der Waals surface area contributed by atoms with Crippen molar-refractivity contribution in [1.29, 1.82) is 0 Å². The number of fused-ring (bicyclic) bond motifs is 1. The molecule has 2 aromatic rings. The zero-order valence-corrected chi connectivity index (χ0v) is 14.8. The van der Waals surface area contributed by atoms with Gasteiger partial charge in [-0.2, -0.15) is 5.10 Å². The van der Waals surface area contributed by atoms with Crippen molar-refractivity contribution in [2.75, 3.05) is 16.8 Å². The van der Waals surface area contributed by atoms with E-state index in [9.17, 15) is 0 Å². The molecule has 1 aliphatic heterocycles. The SMILES string of the molecule is CC1CCN(c2nccn3nc(C(C)(C)C)cc23)C1CBr. The Labute approximate surface area is 134 Å². The van der Waals surface area contributed by atoms with Gasteiger partial charge in [0.25, 0.3) is 0 Å². The lowest BCUT2D eigenvalue weighted by atomic mass is 9.92. The fourth-order valence-corrected chi connectivity index (χ4v) is 3.99. The highest BCUT2D eigenvalue weighted by Gasteiger charge is 2.32. The molecule has 2 atom stereocenters. The highest BCUT2D eigenvalue weighted by Crippen LogP contribution is 2.33. The average Bonchev–Trinajstić information content (AvgIpc) is 3.00. The molecule has 21 heavy (non-hydrogen) atoms. The molecular formula is C16H23BrN4. The van der Waals surface area contributed by atoms with Crippen molar-refractivity contribution in [2.24, 2.45) is 5.92 Å². The second-order valence-electron chi connectivity index (χ2n) is 7.04. The van der Waals surface area contributed by atoms with Crippen LogP contribution < -0.4 is 4.90 Å². The minimum atomic E-state index is 0.0520. The molecule has 3 rings (SSSR count). The Morgan fingerprint density at radius 3 is 2.81 bits per heavy atom. The summed E-state index contributed by atoms with van der Waals surface area (Å²) in [6.07, 6.45) is 5.02. The zero-order valence-electron chi connectivity index (χ0n) is 13.2. The first-order valence-electron chi connectivity index (χ1n) is 7.59. The van der Waals surface area contributed by atoms with E-state index in [1.165, 1.54) is 6.42 Å². The molecule has 0 bridgehead atoms. The van der Waals surface area contributed by atoms with Crippen molar-refractivity contribution in [3.63, 3.8) is 0 Å². The summed E-state index contributed by atoms with van der Waals surface area (Å²) in [6.45, 7) is 9.98. The van der Waals surface area contributed by atoms with E-state index in [0.717, 1.165) is 28.9 Å². The predicted molar refractivity (Wildman–Crippen MR) is 90.4 cm³/mol. The minimum absolute atomic E-state index is 0.0520. The van der Waals surface area contributed by atoms with E-state index in [-0.39, 0.29) is 5.41 Å². The second-order valence-corrected chi connectivity index (χ2v) is 7.69. The number of alkyl halides is 1. The van der Waals surface area contributed by atoms with Crippen molar-refractivity contribution >= 4 is 27.3 Å². The quantitative estimate of drug-likeness (QED) is 0.775. The van der Waals surface area contributed by atoms with Crippen LogP contribution in [0.25, 0.3) is 5.52 Å². The summed E-state index contributed by atoms with van der Waals surface area (Å²) in [7, 11) is 0. The summed E-state index contributed by atoms with van der Waals surface area (Å²) >= 11 is 3.66. The van der Waals surface area contributed by atoms with Crippen molar-refractivity contribution in [3.8, 4) is 0 Å². The number of halogens is 1. The summed E-state index contributed by atoms with van der Waals surface area (Å²) in [4.78, 5) is 7.09. The van der Waals surface area contributed by atoms with Crippen molar-refractivity contribution < 1.29 is 0 Å². The molecule has 0 radical (unpaired) electrons. The van der Waals surface area contributed by atoms with Crippen molar-refractivity contribution in [3.05, 3.63) is 24.2 Å². The molecule has 5 heteroatoms. The largest absolute Gasteiger partial charge is 0.351 e. The number of hydrogen-bond acceptors (Lipinski definition) is 3. The molecule has 114 valence electrons. The molecule has 0 aliphatic carbocycles. The van der Waals surface area contributed by atoms with Gasteiger partial charge in [-0.15, -0.1) is 0 Å². The lowest BCUT2D eigenvalue weighted by Crippen LogP contribution is -2.34. The van der Waals surface area contributed by atoms with Crippen LogP contribution in [0.15, 0.2) is 18.5 Å². The summed E-state index contributed by atoms with van der Waals surface area (Å²) < 4.78 is 1.97. The summed E-state index contributed by atoms with van der Waals surface area (Å²) in [5, 5.41) is 5.71. The molecule has 0 spiro atoms. The topological polar surface area (TPSA) is 33.4 Å². The fraction of sp³-hybridized carbons (Fsp3) is 0.625. The van der Waals surface area contributed by atoms with E-state index in [0.29, 0.717) is 12.0 Å². The molecule has 3 heterocycles. The van der Waals surface area contributed by atoms with Gasteiger partial charge >= 0.3 is 0 Å². The van der Waals surface area contributed by atoms with Crippen LogP contribution in [0.4, 0.5) is 5.82 Å². The molecule has 0 saturated carbocycles.